The molecule has 3 atom stereocenters. The van der Waals surface area contributed by atoms with Crippen molar-refractivity contribution in [3.05, 3.63) is 0 Å². The van der Waals surface area contributed by atoms with Crippen molar-refractivity contribution in [2.75, 3.05) is 0 Å². The standard InChI is InChI=1S/C16H30O4/c1-6-7-8-9-10-13-11-14(18-12(2)17)20-15(19-13)16(3,4)5/h13-15H,6-11H2,1-5H3/t13-,14?,15-/m0/s1. The number of ether oxygens (including phenoxy) is 3. The topological polar surface area (TPSA) is 44.8 Å². The first-order valence-electron chi connectivity index (χ1n) is 7.81. The molecule has 0 amide bonds. The number of rotatable bonds is 6. The molecule has 0 aliphatic carbocycles. The van der Waals surface area contributed by atoms with Gasteiger partial charge in [0, 0.05) is 18.8 Å². The second kappa shape index (κ2) is 7.99. The van der Waals surface area contributed by atoms with E-state index in [9.17, 15) is 4.79 Å². The molecule has 0 spiro atoms. The van der Waals surface area contributed by atoms with E-state index in [0.717, 1.165) is 12.8 Å². The number of carbonyl (C=O) groups excluding carboxylic acids is 1. The van der Waals surface area contributed by atoms with Crippen LogP contribution in [0.4, 0.5) is 0 Å². The van der Waals surface area contributed by atoms with Gasteiger partial charge in [0.05, 0.1) is 6.10 Å². The van der Waals surface area contributed by atoms with Crippen molar-refractivity contribution >= 4 is 5.97 Å². The molecule has 1 heterocycles. The van der Waals surface area contributed by atoms with Gasteiger partial charge in [0.15, 0.2) is 6.29 Å². The van der Waals surface area contributed by atoms with Crippen LogP contribution in [0.15, 0.2) is 0 Å². The van der Waals surface area contributed by atoms with Gasteiger partial charge in [-0.15, -0.1) is 0 Å². The Hall–Kier alpha value is -0.610. The van der Waals surface area contributed by atoms with Crippen molar-refractivity contribution in [2.45, 2.75) is 91.8 Å². The SMILES string of the molecule is CCCCCC[C@H]1CC(OC(C)=O)O[C@@H](C(C)(C)C)O1. The monoisotopic (exact) mass is 286 g/mol. The lowest BCUT2D eigenvalue weighted by Gasteiger charge is -2.40. The zero-order valence-corrected chi connectivity index (χ0v) is 13.6. The molecule has 4 heteroatoms. The summed E-state index contributed by atoms with van der Waals surface area (Å²) in [7, 11) is 0. The van der Waals surface area contributed by atoms with Crippen LogP contribution in [-0.4, -0.2) is 24.7 Å². The normalized spacial score (nSPS) is 27.4. The zero-order valence-electron chi connectivity index (χ0n) is 13.6. The van der Waals surface area contributed by atoms with E-state index in [0.29, 0.717) is 6.42 Å². The summed E-state index contributed by atoms with van der Waals surface area (Å²) in [4.78, 5) is 11.1. The summed E-state index contributed by atoms with van der Waals surface area (Å²) in [5, 5.41) is 0. The minimum absolute atomic E-state index is 0.120. The number of hydrogen-bond acceptors (Lipinski definition) is 4. The summed E-state index contributed by atoms with van der Waals surface area (Å²) in [6.45, 7) is 9.84. The van der Waals surface area contributed by atoms with Crippen LogP contribution in [0.5, 0.6) is 0 Å². The highest BCUT2D eigenvalue weighted by atomic mass is 16.8. The summed E-state index contributed by atoms with van der Waals surface area (Å²) in [5.41, 5.74) is -0.125. The molecule has 4 nitrogen and oxygen atoms in total. The Kier molecular flexibility index (Phi) is 6.96. The van der Waals surface area contributed by atoms with E-state index in [-0.39, 0.29) is 23.8 Å². The second-order valence-electron chi connectivity index (χ2n) is 6.72. The first-order valence-corrected chi connectivity index (χ1v) is 7.81. The predicted octanol–water partition coefficient (Wildman–Crippen LogP) is 4.02. The maximum absolute atomic E-state index is 11.1. The van der Waals surface area contributed by atoms with Gasteiger partial charge in [-0.25, -0.2) is 0 Å². The van der Waals surface area contributed by atoms with Crippen LogP contribution in [-0.2, 0) is 19.0 Å². The van der Waals surface area contributed by atoms with Gasteiger partial charge in [-0.2, -0.15) is 0 Å². The van der Waals surface area contributed by atoms with Crippen LogP contribution in [0.3, 0.4) is 0 Å². The minimum atomic E-state index is -0.471. The van der Waals surface area contributed by atoms with E-state index in [2.05, 4.69) is 27.7 Å². The molecule has 0 saturated carbocycles. The van der Waals surface area contributed by atoms with Crippen LogP contribution in [0.25, 0.3) is 0 Å². The Bertz CT molecular complexity index is 295. The molecule has 1 aliphatic rings. The van der Waals surface area contributed by atoms with Gasteiger partial charge in [-0.1, -0.05) is 53.4 Å². The largest absolute Gasteiger partial charge is 0.436 e. The van der Waals surface area contributed by atoms with Gasteiger partial charge in [0.1, 0.15) is 0 Å². The van der Waals surface area contributed by atoms with Crippen molar-refractivity contribution in [1.82, 2.24) is 0 Å². The van der Waals surface area contributed by atoms with Gasteiger partial charge in [0.2, 0.25) is 6.29 Å². The zero-order chi connectivity index (χ0) is 15.2. The summed E-state index contributed by atoms with van der Waals surface area (Å²) < 4.78 is 17.0. The molecule has 1 rings (SSSR count). The van der Waals surface area contributed by atoms with Crippen molar-refractivity contribution in [2.24, 2.45) is 5.41 Å². The maximum atomic E-state index is 11.1. The molecule has 0 radical (unpaired) electrons. The van der Waals surface area contributed by atoms with Crippen LogP contribution >= 0.6 is 0 Å². The number of unbranched alkanes of at least 4 members (excludes halogenated alkanes) is 3. The predicted molar refractivity (Wildman–Crippen MR) is 78.1 cm³/mol. The van der Waals surface area contributed by atoms with E-state index in [1.54, 1.807) is 0 Å². The molecule has 0 bridgehead atoms. The molecule has 20 heavy (non-hydrogen) atoms. The van der Waals surface area contributed by atoms with Gasteiger partial charge in [-0.3, -0.25) is 4.79 Å². The second-order valence-corrected chi connectivity index (χ2v) is 6.72. The van der Waals surface area contributed by atoms with E-state index < -0.39 is 6.29 Å². The smallest absolute Gasteiger partial charge is 0.304 e. The highest BCUT2D eigenvalue weighted by Gasteiger charge is 2.38. The van der Waals surface area contributed by atoms with E-state index in [1.165, 1.54) is 26.2 Å². The summed E-state index contributed by atoms with van der Waals surface area (Å²) >= 11 is 0. The maximum Gasteiger partial charge on any atom is 0.304 e. The fraction of sp³-hybridized carbons (Fsp3) is 0.938. The van der Waals surface area contributed by atoms with Crippen LogP contribution in [0.1, 0.15) is 73.1 Å². The fourth-order valence-electron chi connectivity index (χ4n) is 2.32. The lowest BCUT2D eigenvalue weighted by molar-refractivity contribution is -0.325. The summed E-state index contributed by atoms with van der Waals surface area (Å²) in [5.74, 6) is -0.297. The van der Waals surface area contributed by atoms with Crippen molar-refractivity contribution < 1.29 is 19.0 Å². The van der Waals surface area contributed by atoms with Crippen molar-refractivity contribution in [3.8, 4) is 0 Å². The molecule has 0 N–H and O–H groups in total. The average molecular weight is 286 g/mol. The fourth-order valence-corrected chi connectivity index (χ4v) is 2.32. The molecule has 0 aromatic heterocycles. The third-order valence-corrected chi connectivity index (χ3v) is 3.43. The van der Waals surface area contributed by atoms with Gasteiger partial charge in [-0.05, 0) is 6.42 Å². The number of carbonyl (C=O) groups is 1. The molecule has 1 fully saturated rings. The molecule has 118 valence electrons. The molecule has 0 aromatic rings. The quantitative estimate of drug-likeness (QED) is 0.546. The Morgan fingerprint density at radius 3 is 2.45 bits per heavy atom. The summed E-state index contributed by atoms with van der Waals surface area (Å²) in [6.07, 6.45) is 5.85. The Balaban J connectivity index is 2.53. The van der Waals surface area contributed by atoms with Crippen LogP contribution in [0.2, 0.25) is 0 Å². The molecule has 1 aliphatic heterocycles. The minimum Gasteiger partial charge on any atom is -0.436 e. The summed E-state index contributed by atoms with van der Waals surface area (Å²) in [6, 6.07) is 0. The molecule has 0 aromatic carbocycles. The van der Waals surface area contributed by atoms with E-state index in [1.807, 2.05) is 0 Å². The van der Waals surface area contributed by atoms with Crippen LogP contribution in [0, 0.1) is 5.41 Å². The molecule has 1 saturated heterocycles. The van der Waals surface area contributed by atoms with E-state index >= 15 is 0 Å². The highest BCUT2D eigenvalue weighted by Crippen LogP contribution is 2.33. The van der Waals surface area contributed by atoms with Crippen LogP contribution < -0.4 is 0 Å². The Labute approximate surface area is 123 Å². The Morgan fingerprint density at radius 1 is 1.20 bits per heavy atom. The van der Waals surface area contributed by atoms with Crippen molar-refractivity contribution in [1.29, 1.82) is 0 Å². The van der Waals surface area contributed by atoms with E-state index in [4.69, 9.17) is 14.2 Å². The van der Waals surface area contributed by atoms with Gasteiger partial charge < -0.3 is 14.2 Å². The highest BCUT2D eigenvalue weighted by molar-refractivity contribution is 5.66. The number of hydrogen-bond donors (Lipinski definition) is 0. The third-order valence-electron chi connectivity index (χ3n) is 3.43. The van der Waals surface area contributed by atoms with Gasteiger partial charge in [0.25, 0.3) is 0 Å². The first-order chi connectivity index (χ1) is 9.32. The third kappa shape index (κ3) is 6.23. The van der Waals surface area contributed by atoms with Crippen molar-refractivity contribution in [3.63, 3.8) is 0 Å². The molecule has 1 unspecified atom stereocenters. The number of esters is 1. The molecular formula is C16H30O4. The lowest BCUT2D eigenvalue weighted by Crippen LogP contribution is -2.46. The first kappa shape index (κ1) is 17.4. The van der Waals surface area contributed by atoms with Gasteiger partial charge >= 0.3 is 5.97 Å². The molecular weight excluding hydrogens is 256 g/mol. The lowest BCUT2D eigenvalue weighted by atomic mass is 9.94. The Morgan fingerprint density at radius 2 is 1.90 bits per heavy atom. The average Bonchev–Trinajstić information content (AvgIpc) is 2.32.